The molecule has 3 heterocycles. The van der Waals surface area contributed by atoms with Crippen molar-refractivity contribution in [3.05, 3.63) is 54.4 Å². The largest absolute Gasteiger partial charge is 0.344 e. The van der Waals surface area contributed by atoms with Gasteiger partial charge < -0.3 is 10.2 Å². The lowest BCUT2D eigenvalue weighted by Gasteiger charge is -2.58. The molecular weight excluding hydrogens is 340 g/mol. The number of anilines is 1. The van der Waals surface area contributed by atoms with Crippen LogP contribution in [0, 0.1) is 11.3 Å². The first-order valence-corrected chi connectivity index (χ1v) is 9.91. The first-order valence-electron chi connectivity index (χ1n) is 9.03. The average molecular weight is 363 g/mol. The van der Waals surface area contributed by atoms with Crippen molar-refractivity contribution in [2.24, 2.45) is 11.3 Å². The smallest absolute Gasteiger partial charge is 0.130 e. The second-order valence-electron chi connectivity index (χ2n) is 7.92. The average Bonchev–Trinajstić information content (AvgIpc) is 3.10. The van der Waals surface area contributed by atoms with Crippen molar-refractivity contribution in [3.8, 4) is 10.4 Å². The van der Waals surface area contributed by atoms with Crippen LogP contribution in [0.5, 0.6) is 0 Å². The summed E-state index contributed by atoms with van der Waals surface area (Å²) >= 11 is 1.66. The highest BCUT2D eigenvalue weighted by Gasteiger charge is 2.51. The number of nitrogens with one attached hydrogen (secondary N) is 1. The second kappa shape index (κ2) is 5.89. The monoisotopic (exact) mass is 362 g/mol. The third-order valence-electron chi connectivity index (χ3n) is 5.79. The van der Waals surface area contributed by atoms with Crippen LogP contribution in [0.3, 0.4) is 0 Å². The topological polar surface area (TPSA) is 41.1 Å². The minimum absolute atomic E-state index is 0.574. The lowest BCUT2D eigenvalue weighted by atomic mass is 9.57. The van der Waals surface area contributed by atoms with E-state index in [1.807, 2.05) is 17.9 Å². The summed E-state index contributed by atoms with van der Waals surface area (Å²) < 4.78 is 0. The van der Waals surface area contributed by atoms with E-state index in [0.717, 1.165) is 16.9 Å². The van der Waals surface area contributed by atoms with Gasteiger partial charge in [-0.2, -0.15) is 0 Å². The summed E-state index contributed by atoms with van der Waals surface area (Å²) in [4.78, 5) is 12.3. The van der Waals surface area contributed by atoms with E-state index in [0.29, 0.717) is 11.3 Å². The molecule has 1 spiro atoms. The summed E-state index contributed by atoms with van der Waals surface area (Å²) in [5.41, 5.74) is 4.75. The molecule has 2 fully saturated rings. The zero-order valence-electron chi connectivity index (χ0n) is 14.9. The molecule has 1 aliphatic heterocycles. The van der Waals surface area contributed by atoms with E-state index in [-0.39, 0.29) is 0 Å². The van der Waals surface area contributed by atoms with Gasteiger partial charge >= 0.3 is 0 Å². The summed E-state index contributed by atoms with van der Waals surface area (Å²) in [5.74, 6) is 1.46. The Morgan fingerprint density at radius 3 is 2.81 bits per heavy atom. The Hall–Kier alpha value is -2.24. The quantitative estimate of drug-likeness (QED) is 0.735. The van der Waals surface area contributed by atoms with Crippen LogP contribution >= 0.6 is 11.3 Å². The van der Waals surface area contributed by atoms with E-state index in [4.69, 9.17) is 0 Å². The maximum Gasteiger partial charge on any atom is 0.130 e. The lowest BCUT2D eigenvalue weighted by Crippen LogP contribution is -2.61. The van der Waals surface area contributed by atoms with Crippen molar-refractivity contribution in [1.82, 2.24) is 14.9 Å². The predicted molar refractivity (Wildman–Crippen MR) is 108 cm³/mol. The van der Waals surface area contributed by atoms with Gasteiger partial charge in [-0.25, -0.2) is 4.98 Å². The van der Waals surface area contributed by atoms with Crippen LogP contribution in [0.15, 0.2) is 54.4 Å². The highest BCUT2D eigenvalue weighted by Crippen LogP contribution is 2.53. The van der Waals surface area contributed by atoms with Crippen molar-refractivity contribution < 1.29 is 0 Å². The van der Waals surface area contributed by atoms with Gasteiger partial charge in [0.1, 0.15) is 5.82 Å². The number of allylic oxidation sites excluding steroid dienone is 1. The molecule has 132 valence electrons. The SMILES string of the molecule is C=C(Nc1cc2cc(-c3cncs3)ccc2cn1)C1CC2(C1)CN(C)C2. The molecule has 5 heteroatoms. The first kappa shape index (κ1) is 16.0. The van der Waals surface area contributed by atoms with Crippen LogP contribution in [0.4, 0.5) is 5.82 Å². The number of thiazole rings is 1. The molecule has 0 bridgehead atoms. The molecule has 2 aromatic heterocycles. The van der Waals surface area contributed by atoms with E-state index >= 15 is 0 Å². The van der Waals surface area contributed by atoms with Crippen molar-refractivity contribution >= 4 is 27.9 Å². The van der Waals surface area contributed by atoms with Gasteiger partial charge in [-0.05, 0) is 54.3 Å². The highest BCUT2D eigenvalue weighted by molar-refractivity contribution is 7.13. The van der Waals surface area contributed by atoms with Gasteiger partial charge in [0.25, 0.3) is 0 Å². The number of benzene rings is 1. The molecule has 5 rings (SSSR count). The van der Waals surface area contributed by atoms with Crippen LogP contribution in [-0.4, -0.2) is 35.0 Å². The Balaban J connectivity index is 1.32. The molecule has 0 radical (unpaired) electrons. The zero-order chi connectivity index (χ0) is 17.7. The summed E-state index contributed by atoms with van der Waals surface area (Å²) in [6.07, 6.45) is 6.36. The van der Waals surface area contributed by atoms with Crippen molar-refractivity contribution in [3.63, 3.8) is 0 Å². The Labute approximate surface area is 157 Å². The maximum atomic E-state index is 4.57. The van der Waals surface area contributed by atoms with Crippen LogP contribution in [0.2, 0.25) is 0 Å². The van der Waals surface area contributed by atoms with Crippen LogP contribution in [-0.2, 0) is 0 Å². The predicted octanol–water partition coefficient (Wildman–Crippen LogP) is 4.63. The third-order valence-corrected chi connectivity index (χ3v) is 6.61. The van der Waals surface area contributed by atoms with Gasteiger partial charge in [0.05, 0.1) is 10.4 Å². The third kappa shape index (κ3) is 2.72. The molecule has 0 atom stereocenters. The van der Waals surface area contributed by atoms with Crippen LogP contribution in [0.25, 0.3) is 21.2 Å². The Bertz CT molecular complexity index is 965. The zero-order valence-corrected chi connectivity index (χ0v) is 15.7. The summed E-state index contributed by atoms with van der Waals surface area (Å²) in [6.45, 7) is 6.76. The number of aromatic nitrogens is 2. The molecule has 4 nitrogen and oxygen atoms in total. The van der Waals surface area contributed by atoms with Gasteiger partial charge in [-0.3, -0.25) is 4.98 Å². The number of nitrogens with zero attached hydrogens (tertiary/aromatic N) is 3. The fourth-order valence-electron chi connectivity index (χ4n) is 4.58. The summed E-state index contributed by atoms with van der Waals surface area (Å²) in [7, 11) is 2.20. The maximum absolute atomic E-state index is 4.57. The number of pyridine rings is 1. The number of likely N-dealkylation sites (tertiary alicyclic amines) is 1. The molecule has 3 aromatic rings. The van der Waals surface area contributed by atoms with Crippen molar-refractivity contribution in [1.29, 1.82) is 0 Å². The van der Waals surface area contributed by atoms with E-state index in [2.05, 4.69) is 58.1 Å². The number of rotatable bonds is 4. The molecule has 1 N–H and O–H groups in total. The molecule has 1 aromatic carbocycles. The molecule has 2 aliphatic rings. The molecule has 1 aliphatic carbocycles. The van der Waals surface area contributed by atoms with Gasteiger partial charge in [-0.1, -0.05) is 18.7 Å². The normalized spacial score (nSPS) is 19.3. The van der Waals surface area contributed by atoms with E-state index in [1.54, 1.807) is 11.3 Å². The molecule has 0 amide bonds. The second-order valence-corrected chi connectivity index (χ2v) is 8.81. The molecular formula is C21H22N4S. The Kier molecular flexibility index (Phi) is 3.62. The fraction of sp³-hybridized carbons (Fsp3) is 0.333. The van der Waals surface area contributed by atoms with E-state index < -0.39 is 0 Å². The van der Waals surface area contributed by atoms with Gasteiger partial charge in [-0.15, -0.1) is 11.3 Å². The van der Waals surface area contributed by atoms with E-state index in [9.17, 15) is 0 Å². The van der Waals surface area contributed by atoms with Crippen LogP contribution in [0.1, 0.15) is 12.8 Å². The van der Waals surface area contributed by atoms with Gasteiger partial charge in [0, 0.05) is 36.6 Å². The molecule has 1 saturated heterocycles. The van der Waals surface area contributed by atoms with Crippen molar-refractivity contribution in [2.75, 3.05) is 25.5 Å². The van der Waals surface area contributed by atoms with E-state index in [1.165, 1.54) is 41.8 Å². The van der Waals surface area contributed by atoms with Crippen molar-refractivity contribution in [2.45, 2.75) is 12.8 Å². The Morgan fingerprint density at radius 1 is 1.23 bits per heavy atom. The minimum Gasteiger partial charge on any atom is -0.344 e. The highest BCUT2D eigenvalue weighted by atomic mass is 32.1. The molecule has 1 saturated carbocycles. The van der Waals surface area contributed by atoms with Gasteiger partial charge in [0.2, 0.25) is 0 Å². The molecule has 0 unspecified atom stereocenters. The lowest BCUT2D eigenvalue weighted by molar-refractivity contribution is -0.0703. The number of hydrogen-bond donors (Lipinski definition) is 1. The summed E-state index contributed by atoms with van der Waals surface area (Å²) in [5, 5.41) is 5.79. The number of fused-ring (bicyclic) bond motifs is 1. The Morgan fingerprint density at radius 2 is 2.08 bits per heavy atom. The molecule has 26 heavy (non-hydrogen) atoms. The summed E-state index contributed by atoms with van der Waals surface area (Å²) in [6, 6.07) is 8.59. The standard InChI is InChI=1S/C21H22N4S/c1-14(18-7-21(8-18)11-25(2)12-21)24-20-6-17-5-15(19-10-22-13-26-19)3-4-16(17)9-23-20/h3-6,9-10,13,18H,1,7-8,11-12H2,2H3,(H,23,24). The fourth-order valence-corrected chi connectivity index (χ4v) is 5.20. The first-order chi connectivity index (χ1) is 12.6. The van der Waals surface area contributed by atoms with Gasteiger partial charge in [0.15, 0.2) is 0 Å². The number of hydrogen-bond acceptors (Lipinski definition) is 5. The minimum atomic E-state index is 0.574. The van der Waals surface area contributed by atoms with Crippen LogP contribution < -0.4 is 5.32 Å².